The molecule has 1 aliphatic rings. The highest BCUT2D eigenvalue weighted by molar-refractivity contribution is 7.90. The molecule has 0 aliphatic carbocycles. The van der Waals surface area contributed by atoms with E-state index >= 15 is 0 Å². The lowest BCUT2D eigenvalue weighted by molar-refractivity contribution is 0.0687. The molecule has 0 unspecified atom stereocenters. The Balaban J connectivity index is 1.51. The van der Waals surface area contributed by atoms with Crippen LogP contribution in [-0.2, 0) is 16.3 Å². The maximum atomic E-state index is 12.7. The minimum absolute atomic E-state index is 0.00737. The molecule has 0 radical (unpaired) electrons. The van der Waals surface area contributed by atoms with E-state index in [2.05, 4.69) is 31.2 Å². The quantitative estimate of drug-likeness (QED) is 0.785. The van der Waals surface area contributed by atoms with Gasteiger partial charge in [0, 0.05) is 24.9 Å². The third kappa shape index (κ3) is 5.19. The largest absolute Gasteiger partial charge is 0.339 e. The first-order chi connectivity index (χ1) is 12.8. The van der Waals surface area contributed by atoms with Gasteiger partial charge >= 0.3 is 0 Å². The number of sulfone groups is 1. The van der Waals surface area contributed by atoms with Gasteiger partial charge in [-0.2, -0.15) is 0 Å². The summed E-state index contributed by atoms with van der Waals surface area (Å²) < 4.78 is 23.1. The molecule has 27 heavy (non-hydrogen) atoms. The Kier molecular flexibility index (Phi) is 6.00. The molecule has 1 heterocycles. The van der Waals surface area contributed by atoms with Crippen molar-refractivity contribution < 1.29 is 13.2 Å². The lowest BCUT2D eigenvalue weighted by atomic mass is 9.90. The molecule has 0 atom stereocenters. The highest BCUT2D eigenvalue weighted by atomic mass is 32.2. The average Bonchev–Trinajstić information content (AvgIpc) is 2.67. The van der Waals surface area contributed by atoms with Crippen LogP contribution in [0.25, 0.3) is 0 Å². The fourth-order valence-electron chi connectivity index (χ4n) is 3.58. The van der Waals surface area contributed by atoms with E-state index < -0.39 is 9.84 Å². The van der Waals surface area contributed by atoms with Gasteiger partial charge in [0.25, 0.3) is 5.91 Å². The minimum atomic E-state index is -3.23. The van der Waals surface area contributed by atoms with Crippen LogP contribution in [0, 0.1) is 12.8 Å². The number of benzene rings is 2. The van der Waals surface area contributed by atoms with E-state index in [1.165, 1.54) is 29.5 Å². The third-order valence-corrected chi connectivity index (χ3v) is 6.52. The van der Waals surface area contributed by atoms with Crippen LogP contribution in [0.2, 0.25) is 0 Å². The highest BCUT2D eigenvalue weighted by Crippen LogP contribution is 2.24. The van der Waals surface area contributed by atoms with Crippen LogP contribution in [-0.4, -0.2) is 38.6 Å². The van der Waals surface area contributed by atoms with Crippen molar-refractivity contribution >= 4 is 15.7 Å². The molecule has 1 amide bonds. The maximum absolute atomic E-state index is 12.7. The van der Waals surface area contributed by atoms with Crippen LogP contribution >= 0.6 is 0 Å². The van der Waals surface area contributed by atoms with Gasteiger partial charge in [-0.3, -0.25) is 4.79 Å². The van der Waals surface area contributed by atoms with E-state index in [0.29, 0.717) is 11.5 Å². The van der Waals surface area contributed by atoms with Crippen LogP contribution < -0.4 is 0 Å². The lowest BCUT2D eigenvalue weighted by Crippen LogP contribution is -2.38. The molecule has 4 nitrogen and oxygen atoms in total. The summed E-state index contributed by atoms with van der Waals surface area (Å²) in [7, 11) is -3.23. The van der Waals surface area contributed by atoms with Crippen molar-refractivity contribution in [2.45, 2.75) is 37.5 Å². The molecule has 1 aliphatic heterocycles. The Bertz CT molecular complexity index is 878. The molecule has 5 heteroatoms. The van der Waals surface area contributed by atoms with Gasteiger partial charge in [0.15, 0.2) is 9.84 Å². The van der Waals surface area contributed by atoms with Crippen molar-refractivity contribution in [2.75, 3.05) is 19.3 Å². The van der Waals surface area contributed by atoms with Crippen LogP contribution in [0.5, 0.6) is 0 Å². The highest BCUT2D eigenvalue weighted by Gasteiger charge is 2.23. The number of rotatable bonds is 5. The molecule has 0 saturated carbocycles. The number of aryl methyl sites for hydroxylation is 2. The van der Waals surface area contributed by atoms with Crippen molar-refractivity contribution in [1.29, 1.82) is 0 Å². The SMILES string of the molecule is Cc1ccc(CCC2CCN(C(=O)c3ccc(S(C)(=O)=O)cc3)CC2)cc1. The van der Waals surface area contributed by atoms with Gasteiger partial charge in [0.1, 0.15) is 0 Å². The summed E-state index contributed by atoms with van der Waals surface area (Å²) in [6, 6.07) is 15.0. The lowest BCUT2D eigenvalue weighted by Gasteiger charge is -2.32. The summed E-state index contributed by atoms with van der Waals surface area (Å²) in [6.07, 6.45) is 5.48. The molecule has 144 valence electrons. The number of hydrogen-bond acceptors (Lipinski definition) is 3. The summed E-state index contributed by atoms with van der Waals surface area (Å²) in [6.45, 7) is 3.64. The first-order valence-corrected chi connectivity index (χ1v) is 11.4. The number of carbonyl (C=O) groups is 1. The van der Waals surface area contributed by atoms with Crippen molar-refractivity contribution in [3.05, 3.63) is 65.2 Å². The second-order valence-electron chi connectivity index (χ2n) is 7.56. The van der Waals surface area contributed by atoms with Crippen LogP contribution in [0.1, 0.15) is 40.7 Å². The molecule has 2 aromatic carbocycles. The van der Waals surface area contributed by atoms with Gasteiger partial charge in [0.05, 0.1) is 4.90 Å². The van der Waals surface area contributed by atoms with E-state index in [-0.39, 0.29) is 10.8 Å². The van der Waals surface area contributed by atoms with Crippen molar-refractivity contribution in [1.82, 2.24) is 4.90 Å². The number of likely N-dealkylation sites (tertiary alicyclic amines) is 1. The molecule has 0 bridgehead atoms. The fraction of sp³-hybridized carbons (Fsp3) is 0.409. The van der Waals surface area contributed by atoms with Crippen molar-refractivity contribution in [2.24, 2.45) is 5.92 Å². The summed E-state index contributed by atoms with van der Waals surface area (Å²) in [5.74, 6) is 0.648. The summed E-state index contributed by atoms with van der Waals surface area (Å²) in [5.41, 5.74) is 3.22. The second kappa shape index (κ2) is 8.26. The summed E-state index contributed by atoms with van der Waals surface area (Å²) >= 11 is 0. The van der Waals surface area contributed by atoms with Crippen molar-refractivity contribution in [3.8, 4) is 0 Å². The molecule has 1 fully saturated rings. The number of nitrogens with zero attached hydrogens (tertiary/aromatic N) is 1. The fourth-order valence-corrected chi connectivity index (χ4v) is 4.21. The average molecular weight is 386 g/mol. The number of hydrogen-bond donors (Lipinski definition) is 0. The third-order valence-electron chi connectivity index (χ3n) is 5.39. The number of carbonyl (C=O) groups excluding carboxylic acids is 1. The first-order valence-electron chi connectivity index (χ1n) is 9.48. The zero-order valence-corrected chi connectivity index (χ0v) is 16.8. The van der Waals surface area contributed by atoms with Gasteiger partial charge in [-0.25, -0.2) is 8.42 Å². The zero-order valence-electron chi connectivity index (χ0n) is 16.0. The molecular formula is C22H27NO3S. The van der Waals surface area contributed by atoms with E-state index in [4.69, 9.17) is 0 Å². The molecule has 0 aromatic heterocycles. The Labute approximate surface area is 162 Å². The van der Waals surface area contributed by atoms with Gasteiger partial charge in [-0.15, -0.1) is 0 Å². The topological polar surface area (TPSA) is 54.5 Å². The molecule has 1 saturated heterocycles. The summed E-state index contributed by atoms with van der Waals surface area (Å²) in [4.78, 5) is 14.8. The molecule has 0 N–H and O–H groups in total. The van der Waals surface area contributed by atoms with E-state index in [0.717, 1.165) is 38.8 Å². The molecule has 3 rings (SSSR count). The predicted molar refractivity (Wildman–Crippen MR) is 108 cm³/mol. The molecule has 0 spiro atoms. The second-order valence-corrected chi connectivity index (χ2v) is 9.57. The van der Waals surface area contributed by atoms with E-state index in [9.17, 15) is 13.2 Å². The monoisotopic (exact) mass is 385 g/mol. The standard InChI is InChI=1S/C22H27NO3S/c1-17-3-5-18(6-4-17)7-8-19-13-15-23(16-14-19)22(24)20-9-11-21(12-10-20)27(2,25)26/h3-6,9-12,19H,7-8,13-16H2,1-2H3. The first kappa shape index (κ1) is 19.6. The van der Waals surface area contributed by atoms with Gasteiger partial charge in [0.2, 0.25) is 0 Å². The Hall–Kier alpha value is -2.14. The van der Waals surface area contributed by atoms with Crippen LogP contribution in [0.15, 0.2) is 53.4 Å². The smallest absolute Gasteiger partial charge is 0.253 e. The van der Waals surface area contributed by atoms with Crippen LogP contribution in [0.4, 0.5) is 0 Å². The molecular weight excluding hydrogens is 358 g/mol. The van der Waals surface area contributed by atoms with E-state index in [1.54, 1.807) is 12.1 Å². The predicted octanol–water partition coefficient (Wildman–Crippen LogP) is 3.88. The van der Waals surface area contributed by atoms with Gasteiger partial charge in [-0.05, 0) is 68.4 Å². The minimum Gasteiger partial charge on any atom is -0.339 e. The van der Waals surface area contributed by atoms with Crippen LogP contribution in [0.3, 0.4) is 0 Å². The van der Waals surface area contributed by atoms with Gasteiger partial charge in [-0.1, -0.05) is 29.8 Å². The van der Waals surface area contributed by atoms with Gasteiger partial charge < -0.3 is 4.90 Å². The normalized spacial score (nSPS) is 15.7. The maximum Gasteiger partial charge on any atom is 0.253 e. The Morgan fingerprint density at radius 2 is 1.59 bits per heavy atom. The Morgan fingerprint density at radius 3 is 2.15 bits per heavy atom. The Morgan fingerprint density at radius 1 is 1.00 bits per heavy atom. The molecule has 2 aromatic rings. The van der Waals surface area contributed by atoms with E-state index in [1.807, 2.05) is 4.90 Å². The number of piperidine rings is 1. The summed E-state index contributed by atoms with van der Waals surface area (Å²) in [5, 5.41) is 0. The number of amides is 1. The zero-order chi connectivity index (χ0) is 19.4. The van der Waals surface area contributed by atoms with Crippen molar-refractivity contribution in [3.63, 3.8) is 0 Å².